The van der Waals surface area contributed by atoms with Gasteiger partial charge in [0.25, 0.3) is 0 Å². The number of sulfonamides is 1. The van der Waals surface area contributed by atoms with Crippen LogP contribution in [0.2, 0.25) is 5.02 Å². The van der Waals surface area contributed by atoms with Gasteiger partial charge >= 0.3 is 6.18 Å². The Morgan fingerprint density at radius 3 is 2.16 bits per heavy atom. The van der Waals surface area contributed by atoms with E-state index in [9.17, 15) is 31.2 Å². The first-order chi connectivity index (χ1) is 17.0. The Balaban J connectivity index is 2.54. The summed E-state index contributed by atoms with van der Waals surface area (Å²) in [4.78, 5) is 27.8. The molecular formula is C25H31ClF3N3O4S. The Labute approximate surface area is 220 Å². The van der Waals surface area contributed by atoms with Gasteiger partial charge in [0.1, 0.15) is 12.6 Å². The number of anilines is 1. The minimum Gasteiger partial charge on any atom is -0.352 e. The van der Waals surface area contributed by atoms with Gasteiger partial charge in [-0.05, 0) is 51.0 Å². The molecule has 0 heterocycles. The van der Waals surface area contributed by atoms with Crippen molar-refractivity contribution in [2.75, 3.05) is 17.1 Å². The van der Waals surface area contributed by atoms with E-state index in [1.54, 1.807) is 32.9 Å². The molecule has 0 aliphatic heterocycles. The third-order valence-electron chi connectivity index (χ3n) is 5.51. The van der Waals surface area contributed by atoms with Crippen molar-refractivity contribution >= 4 is 39.1 Å². The summed E-state index contributed by atoms with van der Waals surface area (Å²) in [6, 6.07) is 8.30. The molecule has 0 fully saturated rings. The Morgan fingerprint density at radius 2 is 1.68 bits per heavy atom. The molecule has 0 spiro atoms. The highest BCUT2D eigenvalue weighted by atomic mass is 35.5. The molecule has 0 aromatic heterocycles. The summed E-state index contributed by atoms with van der Waals surface area (Å²) in [6.07, 6.45) is -3.77. The smallest absolute Gasteiger partial charge is 0.352 e. The van der Waals surface area contributed by atoms with E-state index in [1.807, 2.05) is 19.1 Å². The maximum Gasteiger partial charge on any atom is 0.416 e. The van der Waals surface area contributed by atoms with Gasteiger partial charge in [-0.3, -0.25) is 13.9 Å². The zero-order valence-corrected chi connectivity index (χ0v) is 22.8. The molecule has 204 valence electrons. The largest absolute Gasteiger partial charge is 0.416 e. The summed E-state index contributed by atoms with van der Waals surface area (Å²) in [5, 5.41) is 2.48. The highest BCUT2D eigenvalue weighted by Crippen LogP contribution is 2.36. The number of aryl methyl sites for hydroxylation is 1. The van der Waals surface area contributed by atoms with Crippen LogP contribution in [0.4, 0.5) is 18.9 Å². The number of amides is 2. The standard InChI is InChI=1S/C25H31ClF3N3O4S/c1-6-21(24(34)30-16(2)3)31(14-18-9-7-17(4)8-10-18)23(33)15-32(37(5,35)36)22-13-19(25(27,28)29)11-12-20(22)26/h7-13,16,21H,6,14-15H2,1-5H3,(H,30,34). The Kier molecular flexibility index (Phi) is 10.0. The fraction of sp³-hybridized carbons (Fsp3) is 0.440. The fourth-order valence-electron chi connectivity index (χ4n) is 3.67. The third kappa shape index (κ3) is 8.36. The Morgan fingerprint density at radius 1 is 1.08 bits per heavy atom. The predicted octanol–water partition coefficient (Wildman–Crippen LogP) is 4.77. The molecule has 1 atom stereocenters. The normalized spacial score (nSPS) is 12.8. The fourth-order valence-corrected chi connectivity index (χ4v) is 4.79. The lowest BCUT2D eigenvalue weighted by molar-refractivity contribution is -0.140. The number of nitrogens with zero attached hydrogens (tertiary/aromatic N) is 2. The number of carbonyl (C=O) groups is 2. The lowest BCUT2D eigenvalue weighted by atomic mass is 10.1. The van der Waals surface area contributed by atoms with Crippen LogP contribution in [0.15, 0.2) is 42.5 Å². The molecule has 0 radical (unpaired) electrons. The van der Waals surface area contributed by atoms with Crippen LogP contribution in [0.3, 0.4) is 0 Å². The molecule has 0 aliphatic carbocycles. The summed E-state index contributed by atoms with van der Waals surface area (Å²) in [5.41, 5.74) is 0.0703. The minimum atomic E-state index is -4.76. The van der Waals surface area contributed by atoms with E-state index < -0.39 is 51.9 Å². The van der Waals surface area contributed by atoms with Crippen LogP contribution in [0.1, 0.15) is 43.9 Å². The Hall–Kier alpha value is -2.79. The monoisotopic (exact) mass is 561 g/mol. The summed E-state index contributed by atoms with van der Waals surface area (Å²) in [6.45, 7) is 6.25. The zero-order chi connectivity index (χ0) is 28.1. The highest BCUT2D eigenvalue weighted by Gasteiger charge is 2.35. The van der Waals surface area contributed by atoms with Crippen molar-refractivity contribution in [3.8, 4) is 0 Å². The molecule has 37 heavy (non-hydrogen) atoms. The summed E-state index contributed by atoms with van der Waals surface area (Å²) >= 11 is 6.09. The minimum absolute atomic E-state index is 0.0168. The van der Waals surface area contributed by atoms with Crippen LogP contribution < -0.4 is 9.62 Å². The maximum absolute atomic E-state index is 13.6. The van der Waals surface area contributed by atoms with Gasteiger partial charge in [-0.15, -0.1) is 0 Å². The number of hydrogen-bond donors (Lipinski definition) is 1. The van der Waals surface area contributed by atoms with Crippen LogP contribution in [0.25, 0.3) is 0 Å². The number of hydrogen-bond acceptors (Lipinski definition) is 4. The van der Waals surface area contributed by atoms with Gasteiger partial charge in [-0.25, -0.2) is 8.42 Å². The maximum atomic E-state index is 13.6. The molecule has 0 bridgehead atoms. The van der Waals surface area contributed by atoms with Crippen molar-refractivity contribution in [1.29, 1.82) is 0 Å². The van der Waals surface area contributed by atoms with Crippen LogP contribution >= 0.6 is 11.6 Å². The number of nitrogens with one attached hydrogen (secondary N) is 1. The van der Waals surface area contributed by atoms with Crippen LogP contribution in [0, 0.1) is 6.92 Å². The van der Waals surface area contributed by atoms with Crippen LogP contribution in [-0.2, 0) is 32.3 Å². The number of alkyl halides is 3. The second-order valence-electron chi connectivity index (χ2n) is 9.03. The van der Waals surface area contributed by atoms with E-state index in [0.717, 1.165) is 24.0 Å². The van der Waals surface area contributed by atoms with Gasteiger partial charge < -0.3 is 10.2 Å². The van der Waals surface area contributed by atoms with Gasteiger partial charge in [0.15, 0.2) is 0 Å². The molecule has 0 saturated carbocycles. The molecule has 0 aliphatic rings. The average Bonchev–Trinajstić information content (AvgIpc) is 2.77. The van der Waals surface area contributed by atoms with E-state index in [-0.39, 0.29) is 24.0 Å². The summed E-state index contributed by atoms with van der Waals surface area (Å²) in [5.74, 6) is -1.20. The number of halogens is 4. The van der Waals surface area contributed by atoms with E-state index in [4.69, 9.17) is 11.6 Å². The van der Waals surface area contributed by atoms with Crippen molar-refractivity contribution in [3.05, 3.63) is 64.2 Å². The second kappa shape index (κ2) is 12.2. The molecular weight excluding hydrogens is 531 g/mol. The lowest BCUT2D eigenvalue weighted by Gasteiger charge is -2.33. The Bertz CT molecular complexity index is 1220. The quantitative estimate of drug-likeness (QED) is 0.453. The number of benzene rings is 2. The van der Waals surface area contributed by atoms with Crippen LogP contribution in [0.5, 0.6) is 0 Å². The van der Waals surface area contributed by atoms with E-state index in [2.05, 4.69) is 5.32 Å². The third-order valence-corrected chi connectivity index (χ3v) is 6.96. The average molecular weight is 562 g/mol. The summed E-state index contributed by atoms with van der Waals surface area (Å²) < 4.78 is 65.8. The van der Waals surface area contributed by atoms with Crippen molar-refractivity contribution in [3.63, 3.8) is 0 Å². The first-order valence-corrected chi connectivity index (χ1v) is 13.8. The molecule has 2 amide bonds. The van der Waals surface area contributed by atoms with Gasteiger partial charge in [0.2, 0.25) is 21.8 Å². The highest BCUT2D eigenvalue weighted by molar-refractivity contribution is 7.92. The molecule has 2 aromatic carbocycles. The van der Waals surface area contributed by atoms with Gasteiger partial charge in [-0.2, -0.15) is 13.2 Å². The van der Waals surface area contributed by atoms with E-state index in [0.29, 0.717) is 15.9 Å². The predicted molar refractivity (Wildman–Crippen MR) is 138 cm³/mol. The van der Waals surface area contributed by atoms with Gasteiger partial charge in [0.05, 0.1) is 22.5 Å². The van der Waals surface area contributed by atoms with Crippen molar-refractivity contribution in [1.82, 2.24) is 10.2 Å². The van der Waals surface area contributed by atoms with Crippen LogP contribution in [-0.4, -0.2) is 50.0 Å². The second-order valence-corrected chi connectivity index (χ2v) is 11.3. The topological polar surface area (TPSA) is 86.8 Å². The molecule has 7 nitrogen and oxygen atoms in total. The van der Waals surface area contributed by atoms with E-state index in [1.165, 1.54) is 4.90 Å². The molecule has 12 heteroatoms. The zero-order valence-electron chi connectivity index (χ0n) is 21.3. The van der Waals surface area contributed by atoms with Crippen molar-refractivity contribution in [2.24, 2.45) is 0 Å². The molecule has 2 rings (SSSR count). The van der Waals surface area contributed by atoms with Crippen molar-refractivity contribution in [2.45, 2.75) is 58.9 Å². The number of rotatable bonds is 10. The molecule has 1 unspecified atom stereocenters. The molecule has 0 saturated heterocycles. The van der Waals surface area contributed by atoms with Crippen molar-refractivity contribution < 1.29 is 31.2 Å². The lowest BCUT2D eigenvalue weighted by Crippen LogP contribution is -2.53. The first-order valence-electron chi connectivity index (χ1n) is 11.5. The van der Waals surface area contributed by atoms with Gasteiger partial charge in [-0.1, -0.05) is 48.4 Å². The summed E-state index contributed by atoms with van der Waals surface area (Å²) in [7, 11) is -4.25. The number of carbonyl (C=O) groups excluding carboxylic acids is 2. The SMILES string of the molecule is CCC(C(=O)NC(C)C)N(Cc1ccc(C)cc1)C(=O)CN(c1cc(C(F)(F)F)ccc1Cl)S(C)(=O)=O. The molecule has 2 aromatic rings. The molecule has 1 N–H and O–H groups in total. The first kappa shape index (κ1) is 30.4. The van der Waals surface area contributed by atoms with E-state index >= 15 is 0 Å². The van der Waals surface area contributed by atoms with Gasteiger partial charge in [0, 0.05) is 12.6 Å².